The normalized spacial score (nSPS) is 20.6. The number of benzene rings is 1. The highest BCUT2D eigenvalue weighted by Gasteiger charge is 2.42. The lowest BCUT2D eigenvalue weighted by atomic mass is 9.88. The molecule has 0 saturated heterocycles. The SMILES string of the molecule is CC1=C(C#N)C(=C(C#N)C#N)OC1(C)c1ccccc1. The molecule has 1 heterocycles. The average Bonchev–Trinajstić information content (AvgIpc) is 2.74. The number of hydrogen-bond donors (Lipinski definition) is 0. The van der Waals surface area contributed by atoms with Crippen molar-refractivity contribution >= 4 is 0 Å². The van der Waals surface area contributed by atoms with Crippen LogP contribution >= 0.6 is 0 Å². The molecule has 1 aliphatic heterocycles. The molecule has 0 aromatic heterocycles. The average molecular weight is 261 g/mol. The predicted molar refractivity (Wildman–Crippen MR) is 71.4 cm³/mol. The summed E-state index contributed by atoms with van der Waals surface area (Å²) in [5.41, 5.74) is 0.815. The van der Waals surface area contributed by atoms with Crippen molar-refractivity contribution in [2.45, 2.75) is 19.4 Å². The molecule has 20 heavy (non-hydrogen) atoms. The Morgan fingerprint density at radius 3 is 2.20 bits per heavy atom. The number of rotatable bonds is 1. The third-order valence-corrected chi connectivity index (χ3v) is 3.51. The monoisotopic (exact) mass is 261 g/mol. The second-order valence-electron chi connectivity index (χ2n) is 4.54. The van der Waals surface area contributed by atoms with E-state index in [2.05, 4.69) is 0 Å². The Morgan fingerprint density at radius 2 is 1.70 bits per heavy atom. The zero-order valence-corrected chi connectivity index (χ0v) is 11.1. The van der Waals surface area contributed by atoms with E-state index < -0.39 is 5.60 Å². The second-order valence-corrected chi connectivity index (χ2v) is 4.54. The van der Waals surface area contributed by atoms with Crippen LogP contribution in [0, 0.1) is 34.0 Å². The number of hydrogen-bond acceptors (Lipinski definition) is 4. The highest BCUT2D eigenvalue weighted by molar-refractivity contribution is 5.58. The largest absolute Gasteiger partial charge is 0.475 e. The summed E-state index contributed by atoms with van der Waals surface area (Å²) in [6.07, 6.45) is 0. The van der Waals surface area contributed by atoms with Crippen molar-refractivity contribution in [2.24, 2.45) is 0 Å². The molecule has 1 atom stereocenters. The van der Waals surface area contributed by atoms with Gasteiger partial charge in [0.15, 0.2) is 16.9 Å². The molecule has 4 heteroatoms. The van der Waals surface area contributed by atoms with Crippen LogP contribution < -0.4 is 0 Å². The maximum absolute atomic E-state index is 9.29. The fourth-order valence-corrected chi connectivity index (χ4v) is 2.21. The Balaban J connectivity index is 2.68. The first-order valence-corrected chi connectivity index (χ1v) is 5.99. The first-order valence-electron chi connectivity index (χ1n) is 5.99. The van der Waals surface area contributed by atoms with Crippen LogP contribution in [0.3, 0.4) is 0 Å². The van der Waals surface area contributed by atoms with Gasteiger partial charge in [-0.15, -0.1) is 0 Å². The van der Waals surface area contributed by atoms with Gasteiger partial charge < -0.3 is 4.74 Å². The molecule has 0 N–H and O–H groups in total. The lowest BCUT2D eigenvalue weighted by molar-refractivity contribution is 0.0728. The van der Waals surface area contributed by atoms with Gasteiger partial charge in [-0.05, 0) is 25.0 Å². The van der Waals surface area contributed by atoms with Crippen LogP contribution in [-0.2, 0) is 10.3 Å². The zero-order valence-electron chi connectivity index (χ0n) is 11.1. The summed E-state index contributed by atoms with van der Waals surface area (Å²) in [6.45, 7) is 3.61. The van der Waals surface area contributed by atoms with Crippen molar-refractivity contribution in [1.82, 2.24) is 0 Å². The van der Waals surface area contributed by atoms with Crippen LogP contribution in [0.1, 0.15) is 19.4 Å². The number of nitrogens with zero attached hydrogens (tertiary/aromatic N) is 3. The van der Waals surface area contributed by atoms with E-state index in [1.807, 2.05) is 43.3 Å². The molecule has 1 aromatic carbocycles. The smallest absolute Gasteiger partial charge is 0.172 e. The minimum absolute atomic E-state index is 0.0707. The van der Waals surface area contributed by atoms with E-state index in [0.717, 1.165) is 5.56 Å². The summed E-state index contributed by atoms with van der Waals surface area (Å²) >= 11 is 0. The van der Waals surface area contributed by atoms with Crippen molar-refractivity contribution in [3.05, 3.63) is 58.4 Å². The van der Waals surface area contributed by atoms with Gasteiger partial charge in [0.2, 0.25) is 0 Å². The van der Waals surface area contributed by atoms with E-state index in [1.54, 1.807) is 19.1 Å². The molecule has 2 rings (SSSR count). The Hall–Kier alpha value is -3.03. The van der Waals surface area contributed by atoms with Gasteiger partial charge in [-0.3, -0.25) is 0 Å². The predicted octanol–water partition coefficient (Wildman–Crippen LogP) is 3.07. The van der Waals surface area contributed by atoms with E-state index in [0.29, 0.717) is 5.57 Å². The van der Waals surface area contributed by atoms with Crippen molar-refractivity contribution < 1.29 is 4.74 Å². The molecule has 0 fully saturated rings. The second kappa shape index (κ2) is 4.92. The molecule has 0 aliphatic carbocycles. The van der Waals surface area contributed by atoms with Gasteiger partial charge in [0.1, 0.15) is 18.2 Å². The van der Waals surface area contributed by atoms with E-state index >= 15 is 0 Å². The van der Waals surface area contributed by atoms with Crippen molar-refractivity contribution in [1.29, 1.82) is 15.8 Å². The Morgan fingerprint density at radius 1 is 1.10 bits per heavy atom. The minimum atomic E-state index is -0.833. The first-order chi connectivity index (χ1) is 9.58. The van der Waals surface area contributed by atoms with E-state index in [4.69, 9.17) is 15.3 Å². The first kappa shape index (κ1) is 13.4. The summed E-state index contributed by atoms with van der Waals surface area (Å²) in [4.78, 5) is 0. The number of allylic oxidation sites excluding steroid dienone is 2. The molecular weight excluding hydrogens is 250 g/mol. The van der Waals surface area contributed by atoms with E-state index in [-0.39, 0.29) is 16.9 Å². The number of nitriles is 3. The summed E-state index contributed by atoms with van der Waals surface area (Å²) in [5, 5.41) is 27.3. The van der Waals surface area contributed by atoms with Crippen LogP contribution in [0.5, 0.6) is 0 Å². The van der Waals surface area contributed by atoms with E-state index in [9.17, 15) is 5.26 Å². The van der Waals surface area contributed by atoms with Gasteiger partial charge in [0.05, 0.1) is 5.57 Å². The molecule has 96 valence electrons. The molecule has 4 nitrogen and oxygen atoms in total. The maximum atomic E-state index is 9.29. The van der Waals surface area contributed by atoms with Gasteiger partial charge >= 0.3 is 0 Å². The quantitative estimate of drug-likeness (QED) is 0.727. The third kappa shape index (κ3) is 1.83. The molecule has 0 amide bonds. The number of ether oxygens (including phenoxy) is 1. The fraction of sp³-hybridized carbons (Fsp3) is 0.188. The molecule has 1 aromatic rings. The topological polar surface area (TPSA) is 80.6 Å². The highest BCUT2D eigenvalue weighted by Crippen LogP contribution is 2.45. The summed E-state index contributed by atoms with van der Waals surface area (Å²) in [5.74, 6) is 0.0707. The van der Waals surface area contributed by atoms with Crippen molar-refractivity contribution in [3.63, 3.8) is 0 Å². The molecule has 0 spiro atoms. The van der Waals surface area contributed by atoms with Crippen LogP contribution in [0.4, 0.5) is 0 Å². The van der Waals surface area contributed by atoms with Gasteiger partial charge in [0.25, 0.3) is 0 Å². The minimum Gasteiger partial charge on any atom is -0.475 e. The molecule has 1 unspecified atom stereocenters. The third-order valence-electron chi connectivity index (χ3n) is 3.51. The molecule has 0 saturated carbocycles. The van der Waals surface area contributed by atoms with Crippen molar-refractivity contribution in [2.75, 3.05) is 0 Å². The molecule has 0 bridgehead atoms. The van der Waals surface area contributed by atoms with Gasteiger partial charge in [-0.1, -0.05) is 30.3 Å². The summed E-state index contributed by atoms with van der Waals surface area (Å²) in [7, 11) is 0. The highest BCUT2D eigenvalue weighted by atomic mass is 16.5. The van der Waals surface area contributed by atoms with Crippen LogP contribution in [0.15, 0.2) is 52.8 Å². The molecular formula is C16H11N3O. The Bertz CT molecular complexity index is 723. The van der Waals surface area contributed by atoms with Crippen LogP contribution in [-0.4, -0.2) is 0 Å². The molecule has 1 aliphatic rings. The zero-order chi connectivity index (χ0) is 14.8. The Labute approximate surface area is 117 Å². The van der Waals surface area contributed by atoms with Gasteiger partial charge in [-0.2, -0.15) is 15.8 Å². The fourth-order valence-electron chi connectivity index (χ4n) is 2.21. The Kier molecular flexibility index (Phi) is 3.30. The van der Waals surface area contributed by atoms with Crippen LogP contribution in [0.2, 0.25) is 0 Å². The summed E-state index contributed by atoms with van der Waals surface area (Å²) in [6, 6.07) is 15.0. The van der Waals surface area contributed by atoms with Crippen LogP contribution in [0.25, 0.3) is 0 Å². The maximum Gasteiger partial charge on any atom is 0.172 e. The standard InChI is InChI=1S/C16H11N3O/c1-11-14(10-19)15(12(8-17)9-18)20-16(11,2)13-6-4-3-5-7-13/h3-7H,1-2H3. The van der Waals surface area contributed by atoms with Crippen molar-refractivity contribution in [3.8, 4) is 18.2 Å². The lowest BCUT2D eigenvalue weighted by Gasteiger charge is -2.26. The van der Waals surface area contributed by atoms with Gasteiger partial charge in [0, 0.05) is 0 Å². The lowest BCUT2D eigenvalue weighted by Crippen LogP contribution is -2.22. The molecule has 0 radical (unpaired) electrons. The van der Waals surface area contributed by atoms with Gasteiger partial charge in [-0.25, -0.2) is 0 Å². The summed E-state index contributed by atoms with van der Waals surface area (Å²) < 4.78 is 5.83. The van der Waals surface area contributed by atoms with E-state index in [1.165, 1.54) is 0 Å².